The third-order valence-corrected chi connectivity index (χ3v) is 2.53. The molecule has 1 aliphatic rings. The fourth-order valence-corrected chi connectivity index (χ4v) is 1.63. The lowest BCUT2D eigenvalue weighted by atomic mass is 9.81. The Kier molecular flexibility index (Phi) is 3.50. The minimum atomic E-state index is -1.47. The van der Waals surface area contributed by atoms with Crippen LogP contribution in [0, 0.1) is 5.41 Å². The fourth-order valence-electron chi connectivity index (χ4n) is 1.63. The molecule has 4 unspecified atom stereocenters. The molecule has 4 atom stereocenters. The summed E-state index contributed by atoms with van der Waals surface area (Å²) >= 11 is 0. The monoisotopic (exact) mass is 218 g/mol. The van der Waals surface area contributed by atoms with Crippen molar-refractivity contribution < 1.29 is 24.9 Å². The highest BCUT2D eigenvalue weighted by molar-refractivity contribution is 5.89. The van der Waals surface area contributed by atoms with Crippen molar-refractivity contribution in [2.45, 2.75) is 45.2 Å². The highest BCUT2D eigenvalue weighted by atomic mass is 16.5. The van der Waals surface area contributed by atoms with Crippen LogP contribution in [0.3, 0.4) is 0 Å². The summed E-state index contributed by atoms with van der Waals surface area (Å²) in [5.41, 5.74) is -0.467. The highest BCUT2D eigenvalue weighted by Gasteiger charge is 2.47. The predicted molar refractivity (Wildman–Crippen MR) is 52.2 cm³/mol. The van der Waals surface area contributed by atoms with E-state index in [1.807, 2.05) is 0 Å². The second-order valence-electron chi connectivity index (χ2n) is 4.94. The van der Waals surface area contributed by atoms with Gasteiger partial charge in [-0.1, -0.05) is 20.8 Å². The number of carbonyl (C=O) groups excluding carboxylic acids is 1. The molecule has 1 rings (SSSR count). The number of aliphatic hydroxyl groups is 3. The standard InChI is InChI=1S/C10H18O5/c1-10(2,3)9-8(14)7(13)6(12)5(4-11)15-9/h5-7,9,11-13H,4H2,1-3H3. The maximum absolute atomic E-state index is 11.6. The van der Waals surface area contributed by atoms with Gasteiger partial charge in [-0.15, -0.1) is 0 Å². The van der Waals surface area contributed by atoms with Crippen molar-refractivity contribution in [3.63, 3.8) is 0 Å². The third kappa shape index (κ3) is 2.36. The molecular formula is C10H18O5. The smallest absolute Gasteiger partial charge is 0.193 e. The molecule has 1 heterocycles. The number of rotatable bonds is 1. The van der Waals surface area contributed by atoms with Crippen LogP contribution >= 0.6 is 0 Å². The van der Waals surface area contributed by atoms with Crippen LogP contribution in [-0.2, 0) is 9.53 Å². The first-order chi connectivity index (χ1) is 6.79. The van der Waals surface area contributed by atoms with Crippen LogP contribution in [0.5, 0.6) is 0 Å². The van der Waals surface area contributed by atoms with Gasteiger partial charge in [0.05, 0.1) is 6.61 Å². The Morgan fingerprint density at radius 3 is 2.27 bits per heavy atom. The number of ketones is 1. The van der Waals surface area contributed by atoms with Gasteiger partial charge in [0.2, 0.25) is 0 Å². The molecule has 0 spiro atoms. The van der Waals surface area contributed by atoms with E-state index >= 15 is 0 Å². The van der Waals surface area contributed by atoms with Crippen LogP contribution in [0.25, 0.3) is 0 Å². The van der Waals surface area contributed by atoms with Crippen molar-refractivity contribution in [3.8, 4) is 0 Å². The minimum Gasteiger partial charge on any atom is -0.394 e. The molecule has 0 bridgehead atoms. The summed E-state index contributed by atoms with van der Waals surface area (Å²) in [4.78, 5) is 11.6. The molecule has 1 saturated heterocycles. The summed E-state index contributed by atoms with van der Waals surface area (Å²) in [6, 6.07) is 0. The van der Waals surface area contributed by atoms with Crippen LogP contribution in [0.1, 0.15) is 20.8 Å². The number of ether oxygens (including phenoxy) is 1. The summed E-state index contributed by atoms with van der Waals surface area (Å²) in [6.07, 6.45) is -4.52. The Hall–Kier alpha value is -0.490. The molecule has 0 aromatic carbocycles. The van der Waals surface area contributed by atoms with E-state index < -0.39 is 42.2 Å². The predicted octanol–water partition coefficient (Wildman–Crippen LogP) is -0.917. The Morgan fingerprint density at radius 1 is 1.33 bits per heavy atom. The van der Waals surface area contributed by atoms with Crippen LogP contribution in [0.15, 0.2) is 0 Å². The Morgan fingerprint density at radius 2 is 1.87 bits per heavy atom. The summed E-state index contributed by atoms with van der Waals surface area (Å²) in [5, 5.41) is 27.9. The van der Waals surface area contributed by atoms with Gasteiger partial charge in [0.1, 0.15) is 24.4 Å². The largest absolute Gasteiger partial charge is 0.394 e. The number of carbonyl (C=O) groups is 1. The number of aliphatic hydroxyl groups excluding tert-OH is 3. The van der Waals surface area contributed by atoms with E-state index in [1.165, 1.54) is 0 Å². The van der Waals surface area contributed by atoms with E-state index in [0.717, 1.165) is 0 Å². The summed E-state index contributed by atoms with van der Waals surface area (Å²) in [6.45, 7) is 4.98. The lowest BCUT2D eigenvalue weighted by Crippen LogP contribution is -2.59. The molecule has 0 saturated carbocycles. The van der Waals surface area contributed by atoms with Crippen molar-refractivity contribution >= 4 is 5.78 Å². The first-order valence-corrected chi connectivity index (χ1v) is 4.95. The summed E-state index contributed by atoms with van der Waals surface area (Å²) in [7, 11) is 0. The molecule has 0 amide bonds. The SMILES string of the molecule is CC(C)(C)C1OC(CO)C(O)C(O)C1=O. The second-order valence-corrected chi connectivity index (χ2v) is 4.94. The second kappa shape index (κ2) is 4.17. The van der Waals surface area contributed by atoms with Gasteiger partial charge in [-0.05, 0) is 5.41 Å². The van der Waals surface area contributed by atoms with Crippen LogP contribution < -0.4 is 0 Å². The van der Waals surface area contributed by atoms with Gasteiger partial charge in [-0.3, -0.25) is 4.79 Å². The van der Waals surface area contributed by atoms with Crippen LogP contribution in [-0.4, -0.2) is 52.1 Å². The van der Waals surface area contributed by atoms with E-state index in [-0.39, 0.29) is 0 Å². The van der Waals surface area contributed by atoms with E-state index in [0.29, 0.717) is 0 Å². The molecule has 0 aromatic rings. The maximum atomic E-state index is 11.6. The van der Waals surface area contributed by atoms with Gasteiger partial charge in [-0.2, -0.15) is 0 Å². The zero-order valence-corrected chi connectivity index (χ0v) is 9.17. The summed E-state index contributed by atoms with van der Waals surface area (Å²) < 4.78 is 5.29. The van der Waals surface area contributed by atoms with E-state index in [2.05, 4.69) is 0 Å². The number of hydrogen-bond donors (Lipinski definition) is 3. The van der Waals surface area contributed by atoms with Crippen molar-refractivity contribution in [2.75, 3.05) is 6.61 Å². The quantitative estimate of drug-likeness (QED) is 0.530. The molecule has 1 fully saturated rings. The number of Topliss-reactive ketones (excluding diaryl/α,β-unsaturated/α-hetero) is 1. The normalized spacial score (nSPS) is 38.1. The van der Waals surface area contributed by atoms with Crippen molar-refractivity contribution in [3.05, 3.63) is 0 Å². The van der Waals surface area contributed by atoms with Crippen LogP contribution in [0.4, 0.5) is 0 Å². The lowest BCUT2D eigenvalue weighted by molar-refractivity contribution is -0.201. The zero-order valence-electron chi connectivity index (χ0n) is 9.17. The molecule has 15 heavy (non-hydrogen) atoms. The van der Waals surface area contributed by atoms with Crippen molar-refractivity contribution in [2.24, 2.45) is 5.41 Å². The topological polar surface area (TPSA) is 87.0 Å². The minimum absolute atomic E-state index is 0.419. The van der Waals surface area contributed by atoms with Gasteiger partial charge in [0.15, 0.2) is 5.78 Å². The molecule has 0 radical (unpaired) electrons. The van der Waals surface area contributed by atoms with Crippen LogP contribution in [0.2, 0.25) is 0 Å². The Labute approximate surface area is 88.7 Å². The maximum Gasteiger partial charge on any atom is 0.193 e. The molecular weight excluding hydrogens is 200 g/mol. The Bertz CT molecular complexity index is 245. The molecule has 5 nitrogen and oxygen atoms in total. The third-order valence-electron chi connectivity index (χ3n) is 2.53. The highest BCUT2D eigenvalue weighted by Crippen LogP contribution is 2.30. The lowest BCUT2D eigenvalue weighted by Gasteiger charge is -2.40. The molecule has 0 aliphatic carbocycles. The zero-order chi connectivity index (χ0) is 11.8. The average Bonchev–Trinajstić information content (AvgIpc) is 2.13. The number of hydrogen-bond acceptors (Lipinski definition) is 5. The van der Waals surface area contributed by atoms with Crippen molar-refractivity contribution in [1.82, 2.24) is 0 Å². The molecule has 88 valence electrons. The van der Waals surface area contributed by atoms with E-state index in [1.54, 1.807) is 20.8 Å². The Balaban J connectivity index is 2.89. The van der Waals surface area contributed by atoms with Crippen molar-refractivity contribution in [1.29, 1.82) is 0 Å². The van der Waals surface area contributed by atoms with Gasteiger partial charge in [-0.25, -0.2) is 0 Å². The van der Waals surface area contributed by atoms with E-state index in [4.69, 9.17) is 9.84 Å². The first-order valence-electron chi connectivity index (χ1n) is 4.95. The molecule has 3 N–H and O–H groups in total. The fraction of sp³-hybridized carbons (Fsp3) is 0.900. The summed E-state index contributed by atoms with van der Waals surface area (Å²) in [5.74, 6) is -0.528. The molecule has 0 aromatic heterocycles. The van der Waals surface area contributed by atoms with Gasteiger partial charge in [0, 0.05) is 0 Å². The van der Waals surface area contributed by atoms with Gasteiger partial charge >= 0.3 is 0 Å². The van der Waals surface area contributed by atoms with E-state index in [9.17, 15) is 15.0 Å². The first kappa shape index (κ1) is 12.6. The molecule has 1 aliphatic heterocycles. The molecule has 5 heteroatoms. The van der Waals surface area contributed by atoms with Gasteiger partial charge in [0.25, 0.3) is 0 Å². The average molecular weight is 218 g/mol. The van der Waals surface area contributed by atoms with Gasteiger partial charge < -0.3 is 20.1 Å².